The molecule has 1 aliphatic rings. The Morgan fingerprint density at radius 2 is 1.93 bits per heavy atom. The van der Waals surface area contributed by atoms with Crippen LogP contribution in [0.5, 0.6) is 0 Å². The second kappa shape index (κ2) is 4.23. The second-order valence-electron chi connectivity index (χ2n) is 4.63. The highest BCUT2D eigenvalue weighted by Crippen LogP contribution is 2.25. The lowest BCUT2D eigenvalue weighted by molar-refractivity contribution is 0.238. The third-order valence-corrected chi connectivity index (χ3v) is 3.12. The zero-order valence-corrected chi connectivity index (χ0v) is 9.53. The molecule has 0 spiro atoms. The van der Waals surface area contributed by atoms with Gasteiger partial charge in [-0.3, -0.25) is 0 Å². The molecule has 0 aromatic heterocycles. The van der Waals surface area contributed by atoms with Crippen molar-refractivity contribution in [3.63, 3.8) is 0 Å². The molecule has 82 valence electrons. The molecular weight excluding hydrogens is 186 g/mol. The van der Waals surface area contributed by atoms with Gasteiger partial charge in [0.2, 0.25) is 0 Å². The highest BCUT2D eigenvalue weighted by Gasteiger charge is 2.21. The van der Waals surface area contributed by atoms with E-state index in [1.807, 2.05) is 0 Å². The van der Waals surface area contributed by atoms with Crippen molar-refractivity contribution in [2.75, 3.05) is 24.6 Å². The zero-order valence-electron chi connectivity index (χ0n) is 9.53. The molecule has 0 amide bonds. The van der Waals surface area contributed by atoms with Crippen LogP contribution in [0.4, 0.5) is 5.69 Å². The topological polar surface area (TPSA) is 23.5 Å². The van der Waals surface area contributed by atoms with Gasteiger partial charge >= 0.3 is 0 Å². The minimum atomic E-state index is 0.321. The van der Waals surface area contributed by atoms with Crippen molar-refractivity contribution < 1.29 is 5.11 Å². The van der Waals surface area contributed by atoms with E-state index < -0.39 is 0 Å². The third kappa shape index (κ3) is 2.32. The van der Waals surface area contributed by atoms with E-state index in [1.165, 1.54) is 16.8 Å². The van der Waals surface area contributed by atoms with Gasteiger partial charge in [0, 0.05) is 31.3 Å². The summed E-state index contributed by atoms with van der Waals surface area (Å²) in [6.07, 6.45) is 1.11. The first-order valence-electron chi connectivity index (χ1n) is 5.63. The van der Waals surface area contributed by atoms with Crippen molar-refractivity contribution in [2.24, 2.45) is 5.92 Å². The van der Waals surface area contributed by atoms with E-state index in [2.05, 4.69) is 36.9 Å². The molecule has 15 heavy (non-hydrogen) atoms. The molecule has 1 aromatic carbocycles. The smallest absolute Gasteiger partial charge is 0.0476 e. The van der Waals surface area contributed by atoms with Gasteiger partial charge in [0.1, 0.15) is 0 Å². The van der Waals surface area contributed by atoms with Gasteiger partial charge in [0.25, 0.3) is 0 Å². The van der Waals surface area contributed by atoms with Crippen molar-refractivity contribution in [2.45, 2.75) is 20.3 Å². The van der Waals surface area contributed by atoms with E-state index in [-0.39, 0.29) is 0 Å². The molecule has 1 atom stereocenters. The van der Waals surface area contributed by atoms with Gasteiger partial charge in [0.15, 0.2) is 0 Å². The Kier molecular flexibility index (Phi) is 2.96. The first-order chi connectivity index (χ1) is 7.19. The molecule has 2 heteroatoms. The molecule has 0 radical (unpaired) electrons. The van der Waals surface area contributed by atoms with Crippen LogP contribution in [0.3, 0.4) is 0 Å². The van der Waals surface area contributed by atoms with Gasteiger partial charge < -0.3 is 10.0 Å². The number of hydrogen-bond acceptors (Lipinski definition) is 2. The van der Waals surface area contributed by atoms with Gasteiger partial charge in [-0.15, -0.1) is 0 Å². The molecule has 0 bridgehead atoms. The van der Waals surface area contributed by atoms with E-state index in [0.29, 0.717) is 12.5 Å². The van der Waals surface area contributed by atoms with Crippen molar-refractivity contribution in [3.05, 3.63) is 29.3 Å². The van der Waals surface area contributed by atoms with Crippen LogP contribution >= 0.6 is 0 Å². The van der Waals surface area contributed by atoms with Crippen LogP contribution in [-0.2, 0) is 0 Å². The Morgan fingerprint density at radius 1 is 1.27 bits per heavy atom. The third-order valence-electron chi connectivity index (χ3n) is 3.12. The summed E-state index contributed by atoms with van der Waals surface area (Å²) in [5.41, 5.74) is 3.94. The van der Waals surface area contributed by atoms with E-state index >= 15 is 0 Å². The van der Waals surface area contributed by atoms with Crippen molar-refractivity contribution in [1.29, 1.82) is 0 Å². The molecule has 1 heterocycles. The Morgan fingerprint density at radius 3 is 2.47 bits per heavy atom. The summed E-state index contributed by atoms with van der Waals surface area (Å²) in [7, 11) is 0. The zero-order chi connectivity index (χ0) is 10.8. The van der Waals surface area contributed by atoms with Crippen molar-refractivity contribution in [1.82, 2.24) is 0 Å². The maximum atomic E-state index is 9.11. The molecule has 2 nitrogen and oxygen atoms in total. The van der Waals surface area contributed by atoms with E-state index in [1.54, 1.807) is 0 Å². The van der Waals surface area contributed by atoms with E-state index in [0.717, 1.165) is 19.5 Å². The summed E-state index contributed by atoms with van der Waals surface area (Å²) in [6, 6.07) is 6.66. The summed E-state index contributed by atoms with van der Waals surface area (Å²) in [5, 5.41) is 9.11. The predicted molar refractivity (Wildman–Crippen MR) is 63.3 cm³/mol. The van der Waals surface area contributed by atoms with Gasteiger partial charge in [-0.25, -0.2) is 0 Å². The van der Waals surface area contributed by atoms with Crippen LogP contribution in [0.1, 0.15) is 17.5 Å². The summed E-state index contributed by atoms with van der Waals surface area (Å²) in [5.74, 6) is 0.464. The maximum absolute atomic E-state index is 9.11. The molecular formula is C13H19NO. The fraction of sp³-hybridized carbons (Fsp3) is 0.538. The summed E-state index contributed by atoms with van der Waals surface area (Å²) in [6.45, 7) is 6.67. The molecule has 2 rings (SSSR count). The summed E-state index contributed by atoms with van der Waals surface area (Å²) in [4.78, 5) is 2.38. The largest absolute Gasteiger partial charge is 0.396 e. The number of anilines is 1. The molecule has 1 saturated heterocycles. The standard InChI is InChI=1S/C13H19NO/c1-10-5-11(2)7-13(6-10)14-4-3-12(8-14)9-15/h5-7,12,15H,3-4,8-9H2,1-2H3. The number of aliphatic hydroxyl groups is 1. The van der Waals surface area contributed by atoms with Gasteiger partial charge in [-0.05, 0) is 43.5 Å². The maximum Gasteiger partial charge on any atom is 0.0476 e. The second-order valence-corrected chi connectivity index (χ2v) is 4.63. The average molecular weight is 205 g/mol. The van der Waals surface area contributed by atoms with Crippen LogP contribution < -0.4 is 4.90 Å². The monoisotopic (exact) mass is 205 g/mol. The average Bonchev–Trinajstić information content (AvgIpc) is 2.64. The Labute approximate surface area is 91.5 Å². The van der Waals surface area contributed by atoms with Gasteiger partial charge in [-0.2, -0.15) is 0 Å². The number of rotatable bonds is 2. The number of aryl methyl sites for hydroxylation is 2. The van der Waals surface area contributed by atoms with Crippen LogP contribution in [0.2, 0.25) is 0 Å². The minimum absolute atomic E-state index is 0.321. The fourth-order valence-corrected chi connectivity index (χ4v) is 2.35. The predicted octanol–water partition coefficient (Wildman–Crippen LogP) is 2.12. The van der Waals surface area contributed by atoms with Crippen LogP contribution in [-0.4, -0.2) is 24.8 Å². The van der Waals surface area contributed by atoms with Crippen LogP contribution in [0, 0.1) is 19.8 Å². The molecule has 1 unspecified atom stereocenters. The lowest BCUT2D eigenvalue weighted by atomic mass is 10.1. The van der Waals surface area contributed by atoms with Crippen LogP contribution in [0.25, 0.3) is 0 Å². The molecule has 1 aliphatic heterocycles. The first-order valence-corrected chi connectivity index (χ1v) is 5.63. The molecule has 1 N–H and O–H groups in total. The minimum Gasteiger partial charge on any atom is -0.396 e. The number of nitrogens with zero attached hydrogens (tertiary/aromatic N) is 1. The molecule has 1 fully saturated rings. The lowest BCUT2D eigenvalue weighted by Crippen LogP contribution is -2.20. The van der Waals surface area contributed by atoms with E-state index in [4.69, 9.17) is 5.11 Å². The number of benzene rings is 1. The van der Waals surface area contributed by atoms with Gasteiger partial charge in [-0.1, -0.05) is 6.07 Å². The van der Waals surface area contributed by atoms with Crippen molar-refractivity contribution >= 4 is 5.69 Å². The summed E-state index contributed by atoms with van der Waals surface area (Å²) >= 11 is 0. The SMILES string of the molecule is Cc1cc(C)cc(N2CCC(CO)C2)c1. The number of hydrogen-bond donors (Lipinski definition) is 1. The van der Waals surface area contributed by atoms with Gasteiger partial charge in [0.05, 0.1) is 0 Å². The summed E-state index contributed by atoms with van der Waals surface area (Å²) < 4.78 is 0. The fourth-order valence-electron chi connectivity index (χ4n) is 2.35. The Hall–Kier alpha value is -1.02. The molecule has 0 saturated carbocycles. The molecule has 1 aromatic rings. The first kappa shape index (κ1) is 10.5. The normalized spacial score (nSPS) is 21.0. The molecule has 0 aliphatic carbocycles. The number of aliphatic hydroxyl groups excluding tert-OH is 1. The van der Waals surface area contributed by atoms with E-state index in [9.17, 15) is 0 Å². The Balaban J connectivity index is 2.16. The Bertz CT molecular complexity index is 328. The highest BCUT2D eigenvalue weighted by molar-refractivity contribution is 5.51. The van der Waals surface area contributed by atoms with Crippen LogP contribution in [0.15, 0.2) is 18.2 Å². The lowest BCUT2D eigenvalue weighted by Gasteiger charge is -2.19. The quantitative estimate of drug-likeness (QED) is 0.799. The van der Waals surface area contributed by atoms with Crippen molar-refractivity contribution in [3.8, 4) is 0 Å². The highest BCUT2D eigenvalue weighted by atomic mass is 16.3.